The third-order valence-electron chi connectivity index (χ3n) is 3.47. The number of rotatable bonds is 5. The highest BCUT2D eigenvalue weighted by molar-refractivity contribution is 7.13. The number of fused-ring (bicyclic) bond motifs is 1. The van der Waals surface area contributed by atoms with E-state index in [1.807, 2.05) is 25.1 Å². The third-order valence-corrected chi connectivity index (χ3v) is 4.39. The summed E-state index contributed by atoms with van der Waals surface area (Å²) in [5.41, 5.74) is 1.92. The van der Waals surface area contributed by atoms with Crippen LogP contribution in [0.2, 0.25) is 0 Å². The molecule has 0 spiro atoms. The third kappa shape index (κ3) is 3.87. The molecule has 2 heterocycles. The summed E-state index contributed by atoms with van der Waals surface area (Å²) in [7, 11) is 0. The maximum absolute atomic E-state index is 11.9. The predicted octanol–water partition coefficient (Wildman–Crippen LogP) is 2.15. The molecule has 1 aliphatic rings. The zero-order valence-corrected chi connectivity index (χ0v) is 13.5. The lowest BCUT2D eigenvalue weighted by molar-refractivity contribution is -0.116. The van der Waals surface area contributed by atoms with Crippen molar-refractivity contribution in [2.75, 3.05) is 18.5 Å². The van der Waals surface area contributed by atoms with Crippen LogP contribution in [-0.4, -0.2) is 29.9 Å². The average Bonchev–Trinajstić information content (AvgIpc) is 2.98. The highest BCUT2D eigenvalue weighted by Gasteiger charge is 2.15. The Morgan fingerprint density at radius 1 is 1.43 bits per heavy atom. The number of nitrogens with zero attached hydrogens (tertiary/aromatic N) is 1. The molecule has 0 atom stereocenters. The summed E-state index contributed by atoms with van der Waals surface area (Å²) in [5, 5.41) is 6.50. The normalized spacial score (nSPS) is 13.2. The quantitative estimate of drug-likeness (QED) is 0.823. The molecule has 1 aliphatic heterocycles. The summed E-state index contributed by atoms with van der Waals surface area (Å²) >= 11 is 1.37. The summed E-state index contributed by atoms with van der Waals surface area (Å²) in [6, 6.07) is 5.60. The van der Waals surface area contributed by atoms with E-state index in [0.717, 1.165) is 28.4 Å². The van der Waals surface area contributed by atoms with Gasteiger partial charge in [0, 0.05) is 12.1 Å². The minimum Gasteiger partial charge on any atom is -0.492 e. The number of benzene rings is 1. The van der Waals surface area contributed by atoms with Crippen LogP contribution < -0.4 is 15.4 Å². The van der Waals surface area contributed by atoms with Crippen molar-refractivity contribution in [3.8, 4) is 5.75 Å². The molecule has 0 aliphatic carbocycles. The zero-order chi connectivity index (χ0) is 16.2. The van der Waals surface area contributed by atoms with Crippen molar-refractivity contribution in [3.63, 3.8) is 0 Å². The molecule has 0 fully saturated rings. The Morgan fingerprint density at radius 2 is 2.30 bits per heavy atom. The highest BCUT2D eigenvalue weighted by Crippen LogP contribution is 2.26. The van der Waals surface area contributed by atoms with E-state index < -0.39 is 0 Å². The van der Waals surface area contributed by atoms with Crippen LogP contribution in [0.25, 0.3) is 0 Å². The summed E-state index contributed by atoms with van der Waals surface area (Å²) in [5.74, 6) is 0.655. The largest absolute Gasteiger partial charge is 0.492 e. The lowest BCUT2D eigenvalue weighted by Crippen LogP contribution is -2.27. The van der Waals surface area contributed by atoms with Gasteiger partial charge in [-0.1, -0.05) is 0 Å². The molecule has 23 heavy (non-hydrogen) atoms. The number of ether oxygens (including phenoxy) is 1. The van der Waals surface area contributed by atoms with Crippen molar-refractivity contribution in [3.05, 3.63) is 39.8 Å². The molecule has 120 valence electrons. The number of carbonyl (C=O) groups is 2. The number of hydrogen-bond acceptors (Lipinski definition) is 5. The molecule has 6 nitrogen and oxygen atoms in total. The van der Waals surface area contributed by atoms with Gasteiger partial charge >= 0.3 is 0 Å². The molecule has 1 aromatic heterocycles. The number of aromatic nitrogens is 1. The monoisotopic (exact) mass is 331 g/mol. The van der Waals surface area contributed by atoms with Crippen LogP contribution in [0, 0.1) is 6.92 Å². The lowest BCUT2D eigenvalue weighted by Gasteiger charge is -2.17. The van der Waals surface area contributed by atoms with E-state index in [-0.39, 0.29) is 11.8 Å². The van der Waals surface area contributed by atoms with Gasteiger partial charge < -0.3 is 15.4 Å². The molecule has 0 radical (unpaired) electrons. The van der Waals surface area contributed by atoms with Gasteiger partial charge in [0.15, 0.2) is 0 Å². The molecular formula is C16H17N3O3S. The van der Waals surface area contributed by atoms with Gasteiger partial charge in [0.2, 0.25) is 5.91 Å². The van der Waals surface area contributed by atoms with Crippen LogP contribution in [0.3, 0.4) is 0 Å². The molecule has 0 saturated heterocycles. The van der Waals surface area contributed by atoms with Crippen molar-refractivity contribution < 1.29 is 14.3 Å². The van der Waals surface area contributed by atoms with Gasteiger partial charge in [-0.3, -0.25) is 9.59 Å². The SMILES string of the molecule is Cc1ncc(C(=O)NCCOc2ccc3c(c2)CCC(=O)N3)s1. The predicted molar refractivity (Wildman–Crippen MR) is 88.1 cm³/mol. The lowest BCUT2D eigenvalue weighted by atomic mass is 10.0. The Kier molecular flexibility index (Phi) is 4.57. The van der Waals surface area contributed by atoms with Crippen molar-refractivity contribution in [2.24, 2.45) is 0 Å². The van der Waals surface area contributed by atoms with Gasteiger partial charge in [0.05, 0.1) is 17.7 Å². The summed E-state index contributed by atoms with van der Waals surface area (Å²) < 4.78 is 5.65. The van der Waals surface area contributed by atoms with E-state index >= 15 is 0 Å². The van der Waals surface area contributed by atoms with Gasteiger partial charge in [-0.25, -0.2) is 4.98 Å². The molecule has 2 aromatic rings. The van der Waals surface area contributed by atoms with Crippen LogP contribution in [0.15, 0.2) is 24.4 Å². The van der Waals surface area contributed by atoms with Gasteiger partial charge in [0.1, 0.15) is 17.2 Å². The number of amides is 2. The Bertz CT molecular complexity index is 742. The Morgan fingerprint density at radius 3 is 3.09 bits per heavy atom. The molecule has 0 unspecified atom stereocenters. The van der Waals surface area contributed by atoms with Crippen molar-refractivity contribution in [2.45, 2.75) is 19.8 Å². The minimum absolute atomic E-state index is 0.0483. The van der Waals surface area contributed by atoms with Gasteiger partial charge in [-0.05, 0) is 37.1 Å². The second-order valence-corrected chi connectivity index (χ2v) is 6.45. The molecule has 0 saturated carbocycles. The molecule has 3 rings (SSSR count). The summed E-state index contributed by atoms with van der Waals surface area (Å²) in [6.07, 6.45) is 2.80. The minimum atomic E-state index is -0.132. The molecular weight excluding hydrogens is 314 g/mol. The first-order valence-electron chi connectivity index (χ1n) is 7.38. The van der Waals surface area contributed by atoms with Crippen molar-refractivity contribution in [1.29, 1.82) is 0 Å². The topological polar surface area (TPSA) is 80.3 Å². The average molecular weight is 331 g/mol. The fraction of sp³-hybridized carbons (Fsp3) is 0.312. The number of hydrogen-bond donors (Lipinski definition) is 2. The summed E-state index contributed by atoms with van der Waals surface area (Å²) in [6.45, 7) is 2.67. The maximum Gasteiger partial charge on any atom is 0.263 e. The Labute approximate surface area is 137 Å². The number of carbonyl (C=O) groups excluding carboxylic acids is 2. The van der Waals surface area contributed by atoms with E-state index in [9.17, 15) is 9.59 Å². The standard InChI is InChI=1S/C16H17N3O3S/c1-10-18-9-14(23-10)16(21)17-6-7-22-12-3-4-13-11(8-12)2-5-15(20)19-13/h3-4,8-9H,2,5-7H2,1H3,(H,17,21)(H,19,20). The number of thiazole rings is 1. The molecule has 7 heteroatoms. The van der Waals surface area contributed by atoms with E-state index in [4.69, 9.17) is 4.74 Å². The van der Waals surface area contributed by atoms with Crippen LogP contribution in [-0.2, 0) is 11.2 Å². The van der Waals surface area contributed by atoms with E-state index in [1.165, 1.54) is 11.3 Å². The first kappa shape index (κ1) is 15.5. The van der Waals surface area contributed by atoms with Gasteiger partial charge in [0.25, 0.3) is 5.91 Å². The van der Waals surface area contributed by atoms with Crippen LogP contribution >= 0.6 is 11.3 Å². The van der Waals surface area contributed by atoms with Crippen molar-refractivity contribution in [1.82, 2.24) is 10.3 Å². The van der Waals surface area contributed by atoms with Crippen LogP contribution in [0.4, 0.5) is 5.69 Å². The maximum atomic E-state index is 11.9. The molecule has 2 amide bonds. The first-order chi connectivity index (χ1) is 11.1. The Balaban J connectivity index is 1.47. The molecule has 1 aromatic carbocycles. The number of aryl methyl sites for hydroxylation is 2. The zero-order valence-electron chi connectivity index (χ0n) is 12.7. The molecule has 2 N–H and O–H groups in total. The fourth-order valence-electron chi connectivity index (χ4n) is 2.34. The van der Waals surface area contributed by atoms with Crippen LogP contribution in [0.5, 0.6) is 5.75 Å². The first-order valence-corrected chi connectivity index (χ1v) is 8.19. The van der Waals surface area contributed by atoms with Gasteiger partial charge in [-0.2, -0.15) is 0 Å². The second-order valence-electron chi connectivity index (χ2n) is 5.22. The van der Waals surface area contributed by atoms with Crippen LogP contribution in [0.1, 0.15) is 26.7 Å². The number of anilines is 1. The van der Waals surface area contributed by atoms with E-state index in [1.54, 1.807) is 6.20 Å². The van der Waals surface area contributed by atoms with E-state index in [0.29, 0.717) is 24.4 Å². The van der Waals surface area contributed by atoms with Gasteiger partial charge in [-0.15, -0.1) is 11.3 Å². The summed E-state index contributed by atoms with van der Waals surface area (Å²) in [4.78, 5) is 27.8. The Hall–Kier alpha value is -2.41. The molecule has 0 bridgehead atoms. The number of nitrogens with one attached hydrogen (secondary N) is 2. The van der Waals surface area contributed by atoms with E-state index in [2.05, 4.69) is 15.6 Å². The highest BCUT2D eigenvalue weighted by atomic mass is 32.1. The fourth-order valence-corrected chi connectivity index (χ4v) is 3.03. The second kappa shape index (κ2) is 6.78. The smallest absolute Gasteiger partial charge is 0.263 e. The van der Waals surface area contributed by atoms with Crippen molar-refractivity contribution >= 4 is 28.8 Å².